The molecule has 0 aromatic carbocycles. The Morgan fingerprint density at radius 3 is 2.71 bits per heavy atom. The van der Waals surface area contributed by atoms with Crippen LogP contribution in [0.3, 0.4) is 0 Å². The highest BCUT2D eigenvalue weighted by Gasteiger charge is 2.27. The topological polar surface area (TPSA) is 32.5 Å². The molecule has 1 saturated heterocycles. The summed E-state index contributed by atoms with van der Waals surface area (Å²) in [6.45, 7) is 4.53. The van der Waals surface area contributed by atoms with Crippen LogP contribution in [0.2, 0.25) is 0 Å². The van der Waals surface area contributed by atoms with E-state index in [0.29, 0.717) is 17.1 Å². The van der Waals surface area contributed by atoms with Crippen LogP contribution in [0.4, 0.5) is 0 Å². The minimum absolute atomic E-state index is 0.498. The smallest absolute Gasteiger partial charge is 0.0742 e. The molecule has 1 aliphatic rings. The molecule has 2 N–H and O–H groups in total. The van der Waals surface area contributed by atoms with Gasteiger partial charge in [0.25, 0.3) is 0 Å². The molecule has 1 aliphatic heterocycles. The van der Waals surface area contributed by atoms with Gasteiger partial charge in [-0.25, -0.2) is 0 Å². The van der Waals surface area contributed by atoms with Crippen LogP contribution in [-0.4, -0.2) is 54.1 Å². The zero-order chi connectivity index (χ0) is 10.7. The second-order valence-electron chi connectivity index (χ2n) is 4.42. The highest BCUT2D eigenvalue weighted by atomic mass is 32.1. The SMILES string of the molecule is CC(CC(N)=S)N1CCC(N(C)C)C1. The van der Waals surface area contributed by atoms with Gasteiger partial charge in [0.15, 0.2) is 0 Å². The first-order valence-corrected chi connectivity index (χ1v) is 5.60. The van der Waals surface area contributed by atoms with E-state index in [9.17, 15) is 0 Å². The van der Waals surface area contributed by atoms with Crippen LogP contribution in [0.25, 0.3) is 0 Å². The standard InChI is InChI=1S/C10H21N3S/c1-8(6-10(11)14)13-5-4-9(7-13)12(2)3/h8-9H,4-7H2,1-3H3,(H2,11,14). The molecule has 14 heavy (non-hydrogen) atoms. The summed E-state index contributed by atoms with van der Waals surface area (Å²) in [6, 6.07) is 1.20. The van der Waals surface area contributed by atoms with Gasteiger partial charge in [-0.2, -0.15) is 0 Å². The van der Waals surface area contributed by atoms with Crippen LogP contribution in [-0.2, 0) is 0 Å². The Labute approximate surface area is 92.2 Å². The molecule has 0 aliphatic carbocycles. The Bertz CT molecular complexity index is 206. The van der Waals surface area contributed by atoms with Crippen molar-refractivity contribution in [3.8, 4) is 0 Å². The zero-order valence-corrected chi connectivity index (χ0v) is 10.2. The molecule has 0 bridgehead atoms. The maximum absolute atomic E-state index is 5.55. The van der Waals surface area contributed by atoms with Crippen molar-refractivity contribution in [3.63, 3.8) is 0 Å². The molecule has 0 amide bonds. The molecule has 1 rings (SSSR count). The number of nitrogens with zero attached hydrogens (tertiary/aromatic N) is 2. The quantitative estimate of drug-likeness (QED) is 0.699. The fourth-order valence-electron chi connectivity index (χ4n) is 2.01. The molecule has 0 saturated carbocycles. The predicted molar refractivity (Wildman–Crippen MR) is 64.5 cm³/mol. The number of rotatable bonds is 4. The lowest BCUT2D eigenvalue weighted by molar-refractivity contribution is 0.230. The van der Waals surface area contributed by atoms with E-state index in [2.05, 4.69) is 30.8 Å². The van der Waals surface area contributed by atoms with E-state index in [1.54, 1.807) is 0 Å². The van der Waals surface area contributed by atoms with Gasteiger partial charge in [-0.05, 0) is 27.4 Å². The fraction of sp³-hybridized carbons (Fsp3) is 0.900. The third-order valence-corrected chi connectivity index (χ3v) is 3.21. The second-order valence-corrected chi connectivity index (χ2v) is 4.94. The Morgan fingerprint density at radius 2 is 2.29 bits per heavy atom. The number of nitrogens with two attached hydrogens (primary N) is 1. The summed E-state index contributed by atoms with van der Waals surface area (Å²) >= 11 is 4.93. The molecule has 82 valence electrons. The monoisotopic (exact) mass is 215 g/mol. The van der Waals surface area contributed by atoms with Gasteiger partial charge in [-0.3, -0.25) is 4.90 Å². The third kappa shape index (κ3) is 3.19. The van der Waals surface area contributed by atoms with Gasteiger partial charge >= 0.3 is 0 Å². The Morgan fingerprint density at radius 1 is 1.64 bits per heavy atom. The van der Waals surface area contributed by atoms with Gasteiger partial charge in [0.2, 0.25) is 0 Å². The molecule has 2 unspecified atom stereocenters. The molecule has 1 fully saturated rings. The van der Waals surface area contributed by atoms with E-state index in [1.165, 1.54) is 13.0 Å². The molecule has 0 aromatic rings. The number of thiocarbonyl (C=S) groups is 1. The lowest BCUT2D eigenvalue weighted by Crippen LogP contribution is -2.37. The summed E-state index contributed by atoms with van der Waals surface area (Å²) in [7, 11) is 4.29. The first kappa shape index (κ1) is 11.9. The number of hydrogen-bond donors (Lipinski definition) is 1. The average molecular weight is 215 g/mol. The van der Waals surface area contributed by atoms with Crippen molar-refractivity contribution in [1.82, 2.24) is 9.80 Å². The minimum Gasteiger partial charge on any atom is -0.393 e. The number of hydrogen-bond acceptors (Lipinski definition) is 3. The molecule has 3 nitrogen and oxygen atoms in total. The summed E-state index contributed by atoms with van der Waals surface area (Å²) in [4.78, 5) is 5.41. The van der Waals surface area contributed by atoms with Gasteiger partial charge in [0.05, 0.1) is 4.99 Å². The molecule has 2 atom stereocenters. The van der Waals surface area contributed by atoms with Crippen molar-refractivity contribution in [3.05, 3.63) is 0 Å². The van der Waals surface area contributed by atoms with E-state index in [4.69, 9.17) is 18.0 Å². The lowest BCUT2D eigenvalue weighted by atomic mass is 10.2. The van der Waals surface area contributed by atoms with Crippen molar-refractivity contribution >= 4 is 17.2 Å². The summed E-state index contributed by atoms with van der Waals surface area (Å²) in [5, 5.41) is 0. The summed E-state index contributed by atoms with van der Waals surface area (Å²) in [6.07, 6.45) is 2.10. The maximum atomic E-state index is 5.55. The highest BCUT2D eigenvalue weighted by Crippen LogP contribution is 2.17. The first-order chi connectivity index (χ1) is 6.50. The minimum atomic E-state index is 0.498. The van der Waals surface area contributed by atoms with Crippen LogP contribution < -0.4 is 5.73 Å². The molecule has 4 heteroatoms. The third-order valence-electron chi connectivity index (χ3n) is 3.05. The van der Waals surface area contributed by atoms with Crippen molar-refractivity contribution in [2.75, 3.05) is 27.2 Å². The van der Waals surface area contributed by atoms with Gasteiger partial charge in [-0.1, -0.05) is 12.2 Å². The number of likely N-dealkylation sites (N-methyl/N-ethyl adjacent to an activating group) is 1. The van der Waals surface area contributed by atoms with Gasteiger partial charge < -0.3 is 10.6 Å². The molecular weight excluding hydrogens is 194 g/mol. The summed E-state index contributed by atoms with van der Waals surface area (Å²) in [5.41, 5.74) is 5.55. The summed E-state index contributed by atoms with van der Waals surface area (Å²) in [5.74, 6) is 0. The van der Waals surface area contributed by atoms with Crippen molar-refractivity contribution in [1.29, 1.82) is 0 Å². The van der Waals surface area contributed by atoms with Crippen LogP contribution in [0.15, 0.2) is 0 Å². The van der Waals surface area contributed by atoms with E-state index in [-0.39, 0.29) is 0 Å². The average Bonchev–Trinajstić information content (AvgIpc) is 2.50. The largest absolute Gasteiger partial charge is 0.393 e. The Hall–Kier alpha value is -0.190. The highest BCUT2D eigenvalue weighted by molar-refractivity contribution is 7.80. The van der Waals surface area contributed by atoms with E-state index < -0.39 is 0 Å². The lowest BCUT2D eigenvalue weighted by Gasteiger charge is -2.25. The molecule has 0 spiro atoms. The van der Waals surface area contributed by atoms with Crippen molar-refractivity contribution in [2.24, 2.45) is 5.73 Å². The maximum Gasteiger partial charge on any atom is 0.0742 e. The first-order valence-electron chi connectivity index (χ1n) is 5.19. The fourth-order valence-corrected chi connectivity index (χ4v) is 2.25. The van der Waals surface area contributed by atoms with Crippen molar-refractivity contribution in [2.45, 2.75) is 31.8 Å². The molecule has 0 radical (unpaired) electrons. The van der Waals surface area contributed by atoms with Gasteiger partial charge in [0, 0.05) is 31.6 Å². The van der Waals surface area contributed by atoms with Crippen LogP contribution >= 0.6 is 12.2 Å². The van der Waals surface area contributed by atoms with E-state index in [0.717, 1.165) is 13.0 Å². The van der Waals surface area contributed by atoms with Gasteiger partial charge in [0.1, 0.15) is 0 Å². The van der Waals surface area contributed by atoms with E-state index in [1.807, 2.05) is 0 Å². The van der Waals surface area contributed by atoms with Crippen LogP contribution in [0, 0.1) is 0 Å². The Balaban J connectivity index is 2.37. The summed E-state index contributed by atoms with van der Waals surface area (Å²) < 4.78 is 0. The van der Waals surface area contributed by atoms with Gasteiger partial charge in [-0.15, -0.1) is 0 Å². The van der Waals surface area contributed by atoms with Crippen molar-refractivity contribution < 1.29 is 0 Å². The molecular formula is C10H21N3S. The zero-order valence-electron chi connectivity index (χ0n) is 9.36. The van der Waals surface area contributed by atoms with Crippen LogP contribution in [0.1, 0.15) is 19.8 Å². The second kappa shape index (κ2) is 5.05. The van der Waals surface area contributed by atoms with E-state index >= 15 is 0 Å². The molecule has 0 aromatic heterocycles. The van der Waals surface area contributed by atoms with Crippen LogP contribution in [0.5, 0.6) is 0 Å². The molecule has 1 heterocycles. The number of likely N-dealkylation sites (tertiary alicyclic amines) is 1. The normalized spacial score (nSPS) is 25.6. The Kier molecular flexibility index (Phi) is 4.29. The predicted octanol–water partition coefficient (Wildman–Crippen LogP) is 0.687.